The molecule has 1 aromatic heterocycles. The van der Waals surface area contributed by atoms with Gasteiger partial charge in [0, 0.05) is 36.1 Å². The van der Waals surface area contributed by atoms with E-state index in [0.29, 0.717) is 35.7 Å². The average Bonchev–Trinajstić information content (AvgIpc) is 3.38. The molecule has 1 N–H and O–H groups in total. The van der Waals surface area contributed by atoms with Gasteiger partial charge >= 0.3 is 0 Å². The average molecular weight is 557 g/mol. The molecule has 0 radical (unpaired) electrons. The lowest BCUT2D eigenvalue weighted by molar-refractivity contribution is -0.128. The van der Waals surface area contributed by atoms with Gasteiger partial charge in [-0.15, -0.1) is 5.10 Å². The number of aromatic nitrogens is 3. The SMILES string of the molecule is COc1cccc(N(C(=O)Cn2nnc3ccccc32)[C@@H](C(=O)NC(C)(C)C)c2ccc(N3CCOCC3)cc2)c1. The molecule has 41 heavy (non-hydrogen) atoms. The summed E-state index contributed by atoms with van der Waals surface area (Å²) in [7, 11) is 1.57. The Morgan fingerprint density at radius 1 is 1.02 bits per heavy atom. The topological polar surface area (TPSA) is 102 Å². The first kappa shape index (κ1) is 28.1. The van der Waals surface area contributed by atoms with Gasteiger partial charge in [0.1, 0.15) is 23.9 Å². The Balaban J connectivity index is 1.58. The molecule has 0 saturated carbocycles. The summed E-state index contributed by atoms with van der Waals surface area (Å²) in [4.78, 5) is 32.1. The molecule has 10 nitrogen and oxygen atoms in total. The van der Waals surface area contributed by atoms with E-state index in [1.165, 1.54) is 4.90 Å². The van der Waals surface area contributed by atoms with Crippen molar-refractivity contribution in [2.45, 2.75) is 38.9 Å². The van der Waals surface area contributed by atoms with Crippen LogP contribution in [-0.2, 0) is 20.9 Å². The first-order chi connectivity index (χ1) is 19.7. The van der Waals surface area contributed by atoms with Crippen LogP contribution in [0.4, 0.5) is 11.4 Å². The maximum atomic E-state index is 14.2. The van der Waals surface area contributed by atoms with Crippen LogP contribution in [0, 0.1) is 0 Å². The number of amides is 2. The molecule has 1 aliphatic heterocycles. The maximum Gasteiger partial charge on any atom is 0.249 e. The molecule has 1 fully saturated rings. The van der Waals surface area contributed by atoms with Crippen molar-refractivity contribution in [3.63, 3.8) is 0 Å². The smallest absolute Gasteiger partial charge is 0.249 e. The van der Waals surface area contributed by atoms with Gasteiger partial charge in [-0.3, -0.25) is 14.5 Å². The Labute approximate surface area is 239 Å². The van der Waals surface area contributed by atoms with Crippen LogP contribution in [0.3, 0.4) is 0 Å². The molecule has 10 heteroatoms. The van der Waals surface area contributed by atoms with Crippen molar-refractivity contribution in [3.8, 4) is 5.75 Å². The molecule has 1 saturated heterocycles. The van der Waals surface area contributed by atoms with E-state index < -0.39 is 11.6 Å². The van der Waals surface area contributed by atoms with Crippen molar-refractivity contribution in [1.82, 2.24) is 20.3 Å². The predicted octanol–water partition coefficient (Wildman–Crippen LogP) is 3.97. The fourth-order valence-corrected chi connectivity index (χ4v) is 4.98. The van der Waals surface area contributed by atoms with E-state index in [1.54, 1.807) is 36.1 Å². The molecule has 4 aromatic rings. The summed E-state index contributed by atoms with van der Waals surface area (Å²) in [6, 6.07) is 21.5. The van der Waals surface area contributed by atoms with Gasteiger partial charge in [-0.25, -0.2) is 4.68 Å². The van der Waals surface area contributed by atoms with Gasteiger partial charge in [0.15, 0.2) is 0 Å². The normalized spacial score (nSPS) is 14.5. The van der Waals surface area contributed by atoms with Crippen LogP contribution in [0.15, 0.2) is 72.8 Å². The fraction of sp³-hybridized carbons (Fsp3) is 0.355. The van der Waals surface area contributed by atoms with E-state index in [4.69, 9.17) is 9.47 Å². The summed E-state index contributed by atoms with van der Waals surface area (Å²) < 4.78 is 12.5. The summed E-state index contributed by atoms with van der Waals surface area (Å²) in [6.07, 6.45) is 0. The van der Waals surface area contributed by atoms with Crippen LogP contribution in [0.1, 0.15) is 32.4 Å². The molecule has 1 atom stereocenters. The van der Waals surface area contributed by atoms with Crippen LogP contribution in [-0.4, -0.2) is 65.8 Å². The Morgan fingerprint density at radius 2 is 1.76 bits per heavy atom. The van der Waals surface area contributed by atoms with Crippen molar-refractivity contribution in [1.29, 1.82) is 0 Å². The predicted molar refractivity (Wildman–Crippen MR) is 158 cm³/mol. The van der Waals surface area contributed by atoms with Gasteiger partial charge in [-0.05, 0) is 62.7 Å². The molecule has 1 aliphatic rings. The zero-order valence-corrected chi connectivity index (χ0v) is 23.9. The summed E-state index contributed by atoms with van der Waals surface area (Å²) in [6.45, 7) is 8.60. The molecule has 214 valence electrons. The number of benzene rings is 3. The van der Waals surface area contributed by atoms with E-state index >= 15 is 0 Å². The third-order valence-electron chi connectivity index (χ3n) is 6.90. The number of fused-ring (bicyclic) bond motifs is 1. The van der Waals surface area contributed by atoms with Crippen molar-refractivity contribution < 1.29 is 19.1 Å². The maximum absolute atomic E-state index is 14.2. The first-order valence-corrected chi connectivity index (χ1v) is 13.7. The molecule has 3 aromatic carbocycles. The molecule has 0 bridgehead atoms. The number of nitrogens with zero attached hydrogens (tertiary/aromatic N) is 5. The summed E-state index contributed by atoms with van der Waals surface area (Å²) in [5.74, 6) is -0.0411. The molecular weight excluding hydrogens is 520 g/mol. The molecule has 0 spiro atoms. The highest BCUT2D eigenvalue weighted by molar-refractivity contribution is 6.02. The van der Waals surface area contributed by atoms with Crippen molar-refractivity contribution in [2.24, 2.45) is 0 Å². The van der Waals surface area contributed by atoms with Gasteiger partial charge in [0.25, 0.3) is 0 Å². The second-order valence-electron chi connectivity index (χ2n) is 11.0. The number of carbonyl (C=O) groups excluding carboxylic acids is 2. The minimum absolute atomic E-state index is 0.108. The highest BCUT2D eigenvalue weighted by Crippen LogP contribution is 2.32. The Hall–Kier alpha value is -4.44. The summed E-state index contributed by atoms with van der Waals surface area (Å²) in [5.41, 5.74) is 3.16. The quantitative estimate of drug-likeness (QED) is 0.351. The minimum Gasteiger partial charge on any atom is -0.497 e. The molecule has 5 rings (SSSR count). The lowest BCUT2D eigenvalue weighted by Crippen LogP contribution is -2.50. The van der Waals surface area contributed by atoms with E-state index in [1.807, 2.05) is 69.3 Å². The number of rotatable bonds is 8. The largest absolute Gasteiger partial charge is 0.497 e. The van der Waals surface area contributed by atoms with Gasteiger partial charge in [0.05, 0.1) is 25.8 Å². The number of para-hydroxylation sites is 1. The fourth-order valence-electron chi connectivity index (χ4n) is 4.98. The minimum atomic E-state index is -0.956. The second-order valence-corrected chi connectivity index (χ2v) is 11.0. The number of nitrogens with one attached hydrogen (secondary N) is 1. The number of hydrogen-bond donors (Lipinski definition) is 1. The molecule has 2 heterocycles. The van der Waals surface area contributed by atoms with E-state index in [2.05, 4.69) is 20.5 Å². The number of hydrogen-bond acceptors (Lipinski definition) is 7. The molecule has 0 unspecified atom stereocenters. The summed E-state index contributed by atoms with van der Waals surface area (Å²) >= 11 is 0. The number of methoxy groups -OCH3 is 1. The zero-order valence-electron chi connectivity index (χ0n) is 23.9. The number of carbonyl (C=O) groups is 2. The highest BCUT2D eigenvalue weighted by atomic mass is 16.5. The van der Waals surface area contributed by atoms with Crippen LogP contribution < -0.4 is 19.9 Å². The van der Waals surface area contributed by atoms with Gasteiger partial charge in [-0.1, -0.05) is 35.5 Å². The van der Waals surface area contributed by atoms with Crippen LogP contribution in [0.25, 0.3) is 11.0 Å². The molecule has 2 amide bonds. The summed E-state index contributed by atoms with van der Waals surface area (Å²) in [5, 5.41) is 11.5. The lowest BCUT2D eigenvalue weighted by Gasteiger charge is -2.34. The number of ether oxygens (including phenoxy) is 2. The van der Waals surface area contributed by atoms with Crippen molar-refractivity contribution in [3.05, 3.63) is 78.4 Å². The van der Waals surface area contributed by atoms with Crippen molar-refractivity contribution in [2.75, 3.05) is 43.2 Å². The second kappa shape index (κ2) is 12.0. The number of anilines is 2. The third-order valence-corrected chi connectivity index (χ3v) is 6.90. The Kier molecular flexibility index (Phi) is 8.21. The third kappa shape index (κ3) is 6.49. The standard InChI is InChI=1S/C31H36N6O4/c1-31(2,3)32-30(39)29(22-12-14-23(15-13-22)35-16-18-41-19-17-35)37(24-8-7-9-25(20-24)40-4)28(38)21-36-27-11-6-5-10-26(27)33-34-36/h5-15,20,29H,16-19,21H2,1-4H3,(H,32,39)/t29-/m1/s1. The van der Waals surface area contributed by atoms with E-state index in [-0.39, 0.29) is 18.4 Å². The first-order valence-electron chi connectivity index (χ1n) is 13.7. The van der Waals surface area contributed by atoms with Gasteiger partial charge < -0.3 is 19.7 Å². The van der Waals surface area contributed by atoms with Crippen LogP contribution >= 0.6 is 0 Å². The zero-order chi connectivity index (χ0) is 29.0. The molecule has 0 aliphatic carbocycles. The van der Waals surface area contributed by atoms with E-state index in [9.17, 15) is 9.59 Å². The Bertz CT molecular complexity index is 1510. The van der Waals surface area contributed by atoms with E-state index in [0.717, 1.165) is 24.3 Å². The van der Waals surface area contributed by atoms with Gasteiger partial charge in [-0.2, -0.15) is 0 Å². The monoisotopic (exact) mass is 556 g/mol. The lowest BCUT2D eigenvalue weighted by atomic mass is 10.00. The van der Waals surface area contributed by atoms with Gasteiger partial charge in [0.2, 0.25) is 11.8 Å². The highest BCUT2D eigenvalue weighted by Gasteiger charge is 2.35. The number of morpholine rings is 1. The molecular formula is C31H36N6O4. The van der Waals surface area contributed by atoms with Crippen LogP contribution in [0.5, 0.6) is 5.75 Å². The van der Waals surface area contributed by atoms with Crippen LogP contribution in [0.2, 0.25) is 0 Å². The van der Waals surface area contributed by atoms with Crippen molar-refractivity contribution >= 4 is 34.2 Å². The Morgan fingerprint density at radius 3 is 2.46 bits per heavy atom.